The van der Waals surface area contributed by atoms with Gasteiger partial charge in [0.1, 0.15) is 11.8 Å². The van der Waals surface area contributed by atoms with Gasteiger partial charge in [0.15, 0.2) is 0 Å². The Balaban J connectivity index is 1.60. The maximum Gasteiger partial charge on any atom is 0.403 e. The molecule has 1 fully saturated rings. The van der Waals surface area contributed by atoms with Crippen molar-refractivity contribution in [2.45, 2.75) is 76.7 Å². The number of benzene rings is 1. The van der Waals surface area contributed by atoms with E-state index in [-0.39, 0.29) is 30.0 Å². The molecule has 0 spiro atoms. The van der Waals surface area contributed by atoms with Crippen LogP contribution in [0.2, 0.25) is 0 Å². The van der Waals surface area contributed by atoms with Crippen LogP contribution in [0.4, 0.5) is 22.0 Å². The highest BCUT2D eigenvalue weighted by Crippen LogP contribution is 2.49. The summed E-state index contributed by atoms with van der Waals surface area (Å²) in [5.74, 6) is 0.620. The molecular weight excluding hydrogens is 465 g/mol. The Hall–Kier alpha value is -2.55. The lowest BCUT2D eigenvalue weighted by Gasteiger charge is -2.38. The van der Waals surface area contributed by atoms with Crippen molar-refractivity contribution in [2.75, 3.05) is 0 Å². The summed E-state index contributed by atoms with van der Waals surface area (Å²) in [7, 11) is 0. The zero-order chi connectivity index (χ0) is 25.3. The van der Waals surface area contributed by atoms with E-state index in [0.29, 0.717) is 34.9 Å². The monoisotopic (exact) mass is 495 g/mol. The third-order valence-corrected chi connectivity index (χ3v) is 7.59. The predicted molar refractivity (Wildman–Crippen MR) is 123 cm³/mol. The van der Waals surface area contributed by atoms with Gasteiger partial charge in [-0.3, -0.25) is 4.98 Å². The molecule has 4 rings (SSSR count). The molecule has 0 amide bonds. The molecule has 0 radical (unpaired) electrons. The molecule has 2 N–H and O–H groups in total. The van der Waals surface area contributed by atoms with Crippen LogP contribution in [0.5, 0.6) is 5.75 Å². The number of nitrogens with one attached hydrogen (secondary N) is 2. The highest BCUT2D eigenvalue weighted by atomic mass is 19.4. The van der Waals surface area contributed by atoms with E-state index in [4.69, 9.17) is 5.41 Å². The fraction of sp³-hybridized carbons (Fsp3) is 0.538. The van der Waals surface area contributed by atoms with Crippen LogP contribution in [0.25, 0.3) is 0 Å². The number of aromatic nitrogens is 1. The van der Waals surface area contributed by atoms with Crippen LogP contribution in [0.1, 0.15) is 73.8 Å². The van der Waals surface area contributed by atoms with Gasteiger partial charge in [0.2, 0.25) is 0 Å². The number of nitrogens with zero attached hydrogens (tertiary/aromatic N) is 1. The molecule has 4 nitrogen and oxygen atoms in total. The number of hydrogen-bond donors (Lipinski definition) is 2. The lowest BCUT2D eigenvalue weighted by Crippen LogP contribution is -2.39. The van der Waals surface area contributed by atoms with Crippen molar-refractivity contribution in [3.8, 4) is 5.75 Å². The molecule has 1 saturated carbocycles. The van der Waals surface area contributed by atoms with E-state index in [1.54, 1.807) is 30.5 Å². The lowest BCUT2D eigenvalue weighted by atomic mass is 9.67. The van der Waals surface area contributed by atoms with Gasteiger partial charge in [-0.05, 0) is 72.1 Å². The van der Waals surface area contributed by atoms with Gasteiger partial charge in [-0.1, -0.05) is 32.3 Å². The quantitative estimate of drug-likeness (QED) is 0.328. The molecule has 1 heterocycles. The molecule has 35 heavy (non-hydrogen) atoms. The average molecular weight is 496 g/mol. The first-order chi connectivity index (χ1) is 16.5. The van der Waals surface area contributed by atoms with Gasteiger partial charge < -0.3 is 15.5 Å². The van der Waals surface area contributed by atoms with Gasteiger partial charge in [0, 0.05) is 30.1 Å². The number of halogens is 5. The van der Waals surface area contributed by atoms with E-state index < -0.39 is 18.8 Å². The summed E-state index contributed by atoms with van der Waals surface area (Å²) in [6.45, 7) is 0.285. The van der Waals surface area contributed by atoms with Crippen LogP contribution in [-0.2, 0) is 6.54 Å². The minimum Gasteiger partial charge on any atom is -0.435 e. The van der Waals surface area contributed by atoms with Crippen LogP contribution < -0.4 is 10.1 Å². The van der Waals surface area contributed by atoms with Crippen molar-refractivity contribution in [1.82, 2.24) is 10.3 Å². The molecule has 2 aliphatic carbocycles. The van der Waals surface area contributed by atoms with Crippen molar-refractivity contribution in [2.24, 2.45) is 11.8 Å². The maximum atomic E-state index is 12.8. The van der Waals surface area contributed by atoms with Gasteiger partial charge in [0.05, 0.1) is 0 Å². The second kappa shape index (κ2) is 10.2. The molecule has 2 aliphatic rings. The smallest absolute Gasteiger partial charge is 0.403 e. The second-order valence-corrected chi connectivity index (χ2v) is 9.71. The number of rotatable bonds is 7. The van der Waals surface area contributed by atoms with Gasteiger partial charge in [-0.2, -0.15) is 22.0 Å². The van der Waals surface area contributed by atoms with Crippen LogP contribution >= 0.6 is 0 Å². The van der Waals surface area contributed by atoms with Crippen LogP contribution in [0.3, 0.4) is 0 Å². The molecule has 9 heteroatoms. The predicted octanol–water partition coefficient (Wildman–Crippen LogP) is 6.80. The van der Waals surface area contributed by atoms with Crippen LogP contribution in [0.15, 0.2) is 36.5 Å². The summed E-state index contributed by atoms with van der Waals surface area (Å²) >= 11 is 0. The summed E-state index contributed by atoms with van der Waals surface area (Å²) < 4.78 is 68.6. The van der Waals surface area contributed by atoms with Crippen molar-refractivity contribution in [1.29, 1.82) is 5.41 Å². The summed E-state index contributed by atoms with van der Waals surface area (Å²) in [6.07, 6.45) is 1.32. The number of alkyl halides is 5. The molecule has 1 aromatic carbocycles. The zero-order valence-corrected chi connectivity index (χ0v) is 19.7. The highest BCUT2D eigenvalue weighted by Gasteiger charge is 2.40. The molecule has 0 saturated heterocycles. The standard InChI is InChI=1S/C26H30F5N3O/c1-14-20(17-4-3-5-17)11-22(24(32)19-8-7-18(10-21(14)19)35-25(27)28)23-9-6-16(13-34-23)12-33-15(2)26(29,30)31/h6-10,13-15,17,20,22,25,32-33H,3-5,11-12H2,1-2H3. The van der Waals surface area contributed by atoms with E-state index in [9.17, 15) is 22.0 Å². The maximum absolute atomic E-state index is 12.8. The fourth-order valence-corrected chi connectivity index (χ4v) is 5.22. The average Bonchev–Trinajstić information content (AvgIpc) is 2.86. The SMILES string of the molecule is CC1c2cc(OC(F)F)ccc2C(=N)C(c2ccc(CNC(C)C(F)(F)F)cn2)CC1C1CCC1. The molecule has 0 aliphatic heterocycles. The Morgan fingerprint density at radius 1 is 1.17 bits per heavy atom. The molecule has 4 unspecified atom stereocenters. The van der Waals surface area contributed by atoms with E-state index in [1.807, 2.05) is 0 Å². The molecule has 190 valence electrons. The van der Waals surface area contributed by atoms with E-state index >= 15 is 0 Å². The Bertz CT molecular complexity index is 1040. The summed E-state index contributed by atoms with van der Waals surface area (Å²) in [6, 6.07) is 6.70. The van der Waals surface area contributed by atoms with Crippen molar-refractivity contribution >= 4 is 5.71 Å². The summed E-state index contributed by atoms with van der Waals surface area (Å²) in [5, 5.41) is 11.5. The number of hydrogen-bond acceptors (Lipinski definition) is 4. The van der Waals surface area contributed by atoms with Crippen molar-refractivity contribution < 1.29 is 26.7 Å². The minimum absolute atomic E-state index is 0.0353. The van der Waals surface area contributed by atoms with Crippen LogP contribution in [0, 0.1) is 17.2 Å². The molecule has 4 atom stereocenters. The molecule has 1 aromatic heterocycles. The largest absolute Gasteiger partial charge is 0.435 e. The van der Waals surface area contributed by atoms with E-state index in [1.165, 1.54) is 6.07 Å². The fourth-order valence-electron chi connectivity index (χ4n) is 5.22. The van der Waals surface area contributed by atoms with Gasteiger partial charge >= 0.3 is 12.8 Å². The molecule has 0 bridgehead atoms. The van der Waals surface area contributed by atoms with Crippen LogP contribution in [-0.4, -0.2) is 29.5 Å². The number of fused-ring (bicyclic) bond motifs is 1. The van der Waals surface area contributed by atoms with Gasteiger partial charge in [-0.15, -0.1) is 0 Å². The first-order valence-corrected chi connectivity index (χ1v) is 12.0. The Labute approximate surface area is 201 Å². The Kier molecular flexibility index (Phi) is 7.45. The first kappa shape index (κ1) is 25.5. The topological polar surface area (TPSA) is 58.0 Å². The summed E-state index contributed by atoms with van der Waals surface area (Å²) in [5.41, 5.74) is 3.25. The van der Waals surface area contributed by atoms with Gasteiger partial charge in [0.25, 0.3) is 0 Å². The normalized spacial score (nSPS) is 24.0. The molecule has 2 aromatic rings. The number of ether oxygens (including phenoxy) is 1. The summed E-state index contributed by atoms with van der Waals surface area (Å²) in [4.78, 5) is 4.54. The highest BCUT2D eigenvalue weighted by molar-refractivity contribution is 6.04. The van der Waals surface area contributed by atoms with E-state index in [0.717, 1.165) is 31.7 Å². The van der Waals surface area contributed by atoms with Crippen molar-refractivity contribution in [3.63, 3.8) is 0 Å². The van der Waals surface area contributed by atoms with Crippen molar-refractivity contribution in [3.05, 3.63) is 58.9 Å². The lowest BCUT2D eigenvalue weighted by molar-refractivity contribution is -0.151. The second-order valence-electron chi connectivity index (χ2n) is 9.71. The zero-order valence-electron chi connectivity index (χ0n) is 19.7. The number of pyridine rings is 1. The van der Waals surface area contributed by atoms with E-state index in [2.05, 4.69) is 22.0 Å². The third-order valence-electron chi connectivity index (χ3n) is 7.59. The van der Waals surface area contributed by atoms with Gasteiger partial charge in [-0.25, -0.2) is 0 Å². The Morgan fingerprint density at radius 2 is 1.91 bits per heavy atom. The Morgan fingerprint density at radius 3 is 2.49 bits per heavy atom. The third kappa shape index (κ3) is 5.66. The first-order valence-electron chi connectivity index (χ1n) is 12.0. The minimum atomic E-state index is -4.32. The molecular formula is C26H30F5N3O.